The summed E-state index contributed by atoms with van der Waals surface area (Å²) >= 11 is 1.44. The van der Waals surface area contributed by atoms with Gasteiger partial charge in [0, 0.05) is 6.54 Å². The van der Waals surface area contributed by atoms with Crippen LogP contribution in [0.3, 0.4) is 0 Å². The highest BCUT2D eigenvalue weighted by atomic mass is 32.1. The Balaban J connectivity index is 2.00. The Hall–Kier alpha value is -1.92. The van der Waals surface area contributed by atoms with Crippen LogP contribution in [-0.2, 0) is 0 Å². The van der Waals surface area contributed by atoms with Gasteiger partial charge < -0.3 is 15.5 Å². The number of aliphatic hydroxyl groups excluding tert-OH is 1. The van der Waals surface area contributed by atoms with E-state index in [4.69, 9.17) is 0 Å². The van der Waals surface area contributed by atoms with Crippen molar-refractivity contribution in [3.63, 3.8) is 0 Å². The van der Waals surface area contributed by atoms with Gasteiger partial charge in [0.1, 0.15) is 11.6 Å². The first-order chi connectivity index (χ1) is 9.08. The summed E-state index contributed by atoms with van der Waals surface area (Å²) < 4.78 is 13.0. The first-order valence-corrected chi connectivity index (χ1v) is 6.49. The Labute approximate surface area is 113 Å². The zero-order valence-electron chi connectivity index (χ0n) is 9.84. The molecule has 0 saturated heterocycles. The molecule has 0 aliphatic heterocycles. The maximum atomic E-state index is 13.0. The number of benzene rings is 1. The molecule has 2 aromatic rings. The Morgan fingerprint density at radius 2 is 2.21 bits per heavy atom. The SMILES string of the molecule is O=C(NCC(O)c1ccsc1)c1cc(F)ccc1O. The van der Waals surface area contributed by atoms with Gasteiger partial charge in [0.05, 0.1) is 11.7 Å². The van der Waals surface area contributed by atoms with E-state index in [0.29, 0.717) is 5.56 Å². The number of aliphatic hydroxyl groups is 1. The standard InChI is InChI=1S/C13H12FNO3S/c14-9-1-2-11(16)10(5-9)13(18)15-6-12(17)8-3-4-19-7-8/h1-5,7,12,16-17H,6H2,(H,15,18). The molecule has 0 saturated carbocycles. The molecule has 1 unspecified atom stereocenters. The molecule has 4 nitrogen and oxygen atoms in total. The minimum Gasteiger partial charge on any atom is -0.507 e. The van der Waals surface area contributed by atoms with Crippen LogP contribution in [0.5, 0.6) is 5.75 Å². The quantitative estimate of drug-likeness (QED) is 0.803. The monoisotopic (exact) mass is 281 g/mol. The number of amides is 1. The lowest BCUT2D eigenvalue weighted by Gasteiger charge is -2.11. The zero-order valence-corrected chi connectivity index (χ0v) is 10.7. The highest BCUT2D eigenvalue weighted by Crippen LogP contribution is 2.19. The van der Waals surface area contributed by atoms with Gasteiger partial charge in [0.25, 0.3) is 5.91 Å². The first kappa shape index (κ1) is 13.5. The molecule has 3 N–H and O–H groups in total. The summed E-state index contributed by atoms with van der Waals surface area (Å²) in [5, 5.41) is 25.3. The Morgan fingerprint density at radius 3 is 2.89 bits per heavy atom. The van der Waals surface area contributed by atoms with Crippen molar-refractivity contribution in [2.75, 3.05) is 6.54 Å². The highest BCUT2D eigenvalue weighted by molar-refractivity contribution is 7.07. The van der Waals surface area contributed by atoms with E-state index in [2.05, 4.69) is 5.32 Å². The molecular formula is C13H12FNO3S. The third-order valence-corrected chi connectivity index (χ3v) is 3.29. The van der Waals surface area contributed by atoms with Crippen molar-refractivity contribution in [2.45, 2.75) is 6.10 Å². The molecule has 2 rings (SSSR count). The first-order valence-electron chi connectivity index (χ1n) is 5.55. The van der Waals surface area contributed by atoms with Crippen LogP contribution in [0.1, 0.15) is 22.0 Å². The summed E-state index contributed by atoms with van der Waals surface area (Å²) in [6, 6.07) is 4.87. The lowest BCUT2D eigenvalue weighted by molar-refractivity contribution is 0.0913. The molecule has 0 aliphatic carbocycles. The Kier molecular flexibility index (Phi) is 4.13. The van der Waals surface area contributed by atoms with Crippen LogP contribution < -0.4 is 5.32 Å². The van der Waals surface area contributed by atoms with Gasteiger partial charge in [-0.15, -0.1) is 0 Å². The molecule has 0 aliphatic rings. The summed E-state index contributed by atoms with van der Waals surface area (Å²) in [6.07, 6.45) is -0.828. The molecule has 6 heteroatoms. The van der Waals surface area contributed by atoms with Crippen LogP contribution >= 0.6 is 11.3 Å². The van der Waals surface area contributed by atoms with E-state index in [1.807, 2.05) is 5.38 Å². The summed E-state index contributed by atoms with van der Waals surface area (Å²) in [6.45, 7) is -0.00841. The molecule has 1 aromatic heterocycles. The van der Waals surface area contributed by atoms with Crippen LogP contribution in [0.15, 0.2) is 35.0 Å². The topological polar surface area (TPSA) is 69.6 Å². The number of phenols is 1. The van der Waals surface area contributed by atoms with E-state index in [0.717, 1.165) is 18.2 Å². The van der Waals surface area contributed by atoms with E-state index in [-0.39, 0.29) is 17.9 Å². The fraction of sp³-hybridized carbons (Fsp3) is 0.154. The normalized spacial score (nSPS) is 12.1. The molecule has 19 heavy (non-hydrogen) atoms. The Morgan fingerprint density at radius 1 is 1.42 bits per heavy atom. The largest absolute Gasteiger partial charge is 0.507 e. The minimum atomic E-state index is -0.828. The zero-order chi connectivity index (χ0) is 13.8. The van der Waals surface area contributed by atoms with Crippen molar-refractivity contribution in [3.05, 3.63) is 52.0 Å². The number of rotatable bonds is 4. The molecule has 1 atom stereocenters. The maximum Gasteiger partial charge on any atom is 0.255 e. The molecule has 100 valence electrons. The number of aromatic hydroxyl groups is 1. The molecule has 0 radical (unpaired) electrons. The van der Waals surface area contributed by atoms with Crippen LogP contribution in [-0.4, -0.2) is 22.7 Å². The number of hydrogen-bond acceptors (Lipinski definition) is 4. The van der Waals surface area contributed by atoms with Gasteiger partial charge >= 0.3 is 0 Å². The van der Waals surface area contributed by atoms with Gasteiger partial charge in [-0.3, -0.25) is 4.79 Å². The molecular weight excluding hydrogens is 269 g/mol. The molecule has 1 aromatic carbocycles. The van der Waals surface area contributed by atoms with E-state index >= 15 is 0 Å². The third kappa shape index (κ3) is 3.30. The van der Waals surface area contributed by atoms with Crippen molar-refractivity contribution < 1.29 is 19.4 Å². The molecule has 0 bridgehead atoms. The minimum absolute atomic E-state index is 0.00841. The van der Waals surface area contributed by atoms with Crippen molar-refractivity contribution >= 4 is 17.2 Å². The van der Waals surface area contributed by atoms with Crippen LogP contribution in [0.2, 0.25) is 0 Å². The second-order valence-corrected chi connectivity index (χ2v) is 4.72. The van der Waals surface area contributed by atoms with Gasteiger partial charge in [-0.05, 0) is 40.6 Å². The van der Waals surface area contributed by atoms with Crippen LogP contribution in [0.25, 0.3) is 0 Å². The maximum absolute atomic E-state index is 13.0. The lowest BCUT2D eigenvalue weighted by atomic mass is 10.1. The smallest absolute Gasteiger partial charge is 0.255 e. The number of carbonyl (C=O) groups is 1. The fourth-order valence-electron chi connectivity index (χ4n) is 1.56. The van der Waals surface area contributed by atoms with Gasteiger partial charge in [0.15, 0.2) is 0 Å². The van der Waals surface area contributed by atoms with Gasteiger partial charge in [-0.25, -0.2) is 4.39 Å². The number of phenolic OH excluding ortho intramolecular Hbond substituents is 1. The predicted molar refractivity (Wildman–Crippen MR) is 69.7 cm³/mol. The predicted octanol–water partition coefficient (Wildman–Crippen LogP) is 2.06. The summed E-state index contributed by atoms with van der Waals surface area (Å²) in [5.74, 6) is -1.54. The highest BCUT2D eigenvalue weighted by Gasteiger charge is 2.14. The van der Waals surface area contributed by atoms with Gasteiger partial charge in [0.2, 0.25) is 0 Å². The number of carbonyl (C=O) groups excluding carboxylic acids is 1. The molecule has 1 amide bonds. The average molecular weight is 281 g/mol. The molecule has 0 spiro atoms. The number of nitrogens with one attached hydrogen (secondary N) is 1. The van der Waals surface area contributed by atoms with Crippen molar-refractivity contribution in [2.24, 2.45) is 0 Å². The second-order valence-electron chi connectivity index (χ2n) is 3.94. The van der Waals surface area contributed by atoms with Crippen LogP contribution in [0.4, 0.5) is 4.39 Å². The summed E-state index contributed by atoms with van der Waals surface area (Å²) in [4.78, 5) is 11.7. The summed E-state index contributed by atoms with van der Waals surface area (Å²) in [5.41, 5.74) is 0.547. The number of thiophene rings is 1. The Bertz CT molecular complexity index is 571. The third-order valence-electron chi connectivity index (χ3n) is 2.59. The average Bonchev–Trinajstić information content (AvgIpc) is 2.92. The number of halogens is 1. The van der Waals surface area contributed by atoms with E-state index in [1.54, 1.807) is 11.4 Å². The van der Waals surface area contributed by atoms with Crippen molar-refractivity contribution in [3.8, 4) is 5.75 Å². The number of hydrogen-bond donors (Lipinski definition) is 3. The summed E-state index contributed by atoms with van der Waals surface area (Å²) in [7, 11) is 0. The lowest BCUT2D eigenvalue weighted by Crippen LogP contribution is -2.28. The van der Waals surface area contributed by atoms with E-state index in [9.17, 15) is 19.4 Å². The van der Waals surface area contributed by atoms with Gasteiger partial charge in [-0.2, -0.15) is 11.3 Å². The van der Waals surface area contributed by atoms with E-state index in [1.165, 1.54) is 11.3 Å². The van der Waals surface area contributed by atoms with Crippen molar-refractivity contribution in [1.29, 1.82) is 0 Å². The van der Waals surface area contributed by atoms with Gasteiger partial charge in [-0.1, -0.05) is 0 Å². The van der Waals surface area contributed by atoms with Crippen LogP contribution in [0, 0.1) is 5.82 Å². The molecule has 0 fully saturated rings. The second kappa shape index (κ2) is 5.81. The van der Waals surface area contributed by atoms with Crippen molar-refractivity contribution in [1.82, 2.24) is 5.32 Å². The fourth-order valence-corrected chi connectivity index (χ4v) is 2.26. The molecule has 1 heterocycles. The van der Waals surface area contributed by atoms with E-state index < -0.39 is 17.8 Å².